The number of piperidine rings is 1. The maximum absolute atomic E-state index is 13.9. The molecule has 4 rings (SSSR count). The molecular formula is C23H24FN3O2. The zero-order valence-electron chi connectivity index (χ0n) is 16.5. The van der Waals surface area contributed by atoms with Crippen molar-refractivity contribution in [2.75, 3.05) is 18.0 Å². The number of nitrogens with one attached hydrogen (secondary N) is 1. The third kappa shape index (κ3) is 4.01. The lowest BCUT2D eigenvalue weighted by Crippen LogP contribution is -2.30. The number of urea groups is 1. The normalized spacial score (nSPS) is 18.5. The van der Waals surface area contributed by atoms with E-state index in [0.29, 0.717) is 5.56 Å². The molecule has 0 saturated carbocycles. The third-order valence-corrected chi connectivity index (χ3v) is 5.52. The minimum atomic E-state index is -0.535. The molecule has 5 nitrogen and oxygen atoms in total. The summed E-state index contributed by atoms with van der Waals surface area (Å²) in [6, 6.07) is 11.8. The van der Waals surface area contributed by atoms with Crippen LogP contribution in [0.25, 0.3) is 6.08 Å². The Hall–Kier alpha value is -3.15. The van der Waals surface area contributed by atoms with E-state index in [9.17, 15) is 14.0 Å². The molecule has 0 bridgehead atoms. The molecule has 0 aromatic heterocycles. The third-order valence-electron chi connectivity index (χ3n) is 5.52. The van der Waals surface area contributed by atoms with Crippen molar-refractivity contribution in [3.05, 3.63) is 70.7 Å². The highest BCUT2D eigenvalue weighted by Crippen LogP contribution is 2.25. The van der Waals surface area contributed by atoms with Crippen LogP contribution in [0.15, 0.2) is 48.2 Å². The van der Waals surface area contributed by atoms with E-state index in [2.05, 4.69) is 22.3 Å². The van der Waals surface area contributed by atoms with Crippen molar-refractivity contribution in [3.8, 4) is 0 Å². The Morgan fingerprint density at radius 2 is 1.83 bits per heavy atom. The monoisotopic (exact) mass is 393 g/mol. The number of carbonyl (C=O) groups is 2. The lowest BCUT2D eigenvalue weighted by Gasteiger charge is -2.29. The summed E-state index contributed by atoms with van der Waals surface area (Å²) in [4.78, 5) is 28.4. The van der Waals surface area contributed by atoms with Gasteiger partial charge in [0.1, 0.15) is 11.5 Å². The van der Waals surface area contributed by atoms with E-state index in [1.807, 2.05) is 13.0 Å². The van der Waals surface area contributed by atoms with Gasteiger partial charge in [0.05, 0.1) is 6.54 Å². The first-order valence-corrected chi connectivity index (χ1v) is 9.96. The molecule has 2 aromatic carbocycles. The quantitative estimate of drug-likeness (QED) is 0.625. The molecule has 0 spiro atoms. The Bertz CT molecular complexity index is 980. The van der Waals surface area contributed by atoms with Crippen molar-refractivity contribution < 1.29 is 14.0 Å². The number of halogens is 1. The molecule has 2 aliphatic rings. The molecule has 2 aliphatic heterocycles. The zero-order valence-corrected chi connectivity index (χ0v) is 16.5. The topological polar surface area (TPSA) is 52.7 Å². The summed E-state index contributed by atoms with van der Waals surface area (Å²) in [5, 5.41) is 2.61. The first kappa shape index (κ1) is 19.2. The first-order valence-electron chi connectivity index (χ1n) is 9.96. The number of hydrogen-bond donors (Lipinski definition) is 1. The summed E-state index contributed by atoms with van der Waals surface area (Å²) in [5.41, 5.74) is 3.61. The second kappa shape index (κ2) is 8.07. The number of imide groups is 1. The fourth-order valence-electron chi connectivity index (χ4n) is 3.84. The number of hydrogen-bond acceptors (Lipinski definition) is 3. The van der Waals surface area contributed by atoms with Crippen molar-refractivity contribution in [2.24, 2.45) is 0 Å². The number of anilines is 1. The van der Waals surface area contributed by atoms with Crippen LogP contribution in [0.3, 0.4) is 0 Å². The van der Waals surface area contributed by atoms with E-state index in [1.165, 1.54) is 31.0 Å². The van der Waals surface area contributed by atoms with Crippen LogP contribution in [-0.4, -0.2) is 29.9 Å². The highest BCUT2D eigenvalue weighted by molar-refractivity contribution is 6.14. The molecule has 0 atom stereocenters. The van der Waals surface area contributed by atoms with Crippen molar-refractivity contribution in [1.29, 1.82) is 0 Å². The van der Waals surface area contributed by atoms with E-state index in [1.54, 1.807) is 24.3 Å². The van der Waals surface area contributed by atoms with Gasteiger partial charge in [0, 0.05) is 24.3 Å². The second-order valence-electron chi connectivity index (χ2n) is 7.56. The van der Waals surface area contributed by atoms with Gasteiger partial charge in [0.25, 0.3) is 5.91 Å². The molecule has 2 fully saturated rings. The van der Waals surface area contributed by atoms with Gasteiger partial charge in [-0.2, -0.15) is 0 Å². The van der Waals surface area contributed by atoms with Gasteiger partial charge in [-0.3, -0.25) is 9.69 Å². The van der Waals surface area contributed by atoms with Crippen LogP contribution < -0.4 is 10.2 Å². The van der Waals surface area contributed by atoms with Gasteiger partial charge in [0.2, 0.25) is 0 Å². The summed E-state index contributed by atoms with van der Waals surface area (Å²) < 4.78 is 13.9. The van der Waals surface area contributed by atoms with Crippen molar-refractivity contribution in [1.82, 2.24) is 10.2 Å². The maximum Gasteiger partial charge on any atom is 0.329 e. The molecule has 2 heterocycles. The smallest absolute Gasteiger partial charge is 0.329 e. The molecule has 150 valence electrons. The summed E-state index contributed by atoms with van der Waals surface area (Å²) in [5.74, 6) is -0.882. The van der Waals surface area contributed by atoms with Crippen LogP contribution in [0.4, 0.5) is 14.9 Å². The van der Waals surface area contributed by atoms with Crippen LogP contribution in [0.5, 0.6) is 0 Å². The fraction of sp³-hybridized carbons (Fsp3) is 0.304. The largest absolute Gasteiger partial charge is 0.372 e. The second-order valence-corrected chi connectivity index (χ2v) is 7.56. The number of amides is 3. The molecule has 6 heteroatoms. The SMILES string of the molecule is Cc1cc(N2CCCCC2)ccc1C=C1NC(=O)N(Cc2ccccc2F)C1=O. The molecule has 2 aromatic rings. The van der Waals surface area contributed by atoms with Crippen LogP contribution >= 0.6 is 0 Å². The Morgan fingerprint density at radius 3 is 2.55 bits per heavy atom. The fourth-order valence-corrected chi connectivity index (χ4v) is 3.84. The van der Waals surface area contributed by atoms with Gasteiger partial charge < -0.3 is 10.2 Å². The van der Waals surface area contributed by atoms with E-state index in [0.717, 1.165) is 29.1 Å². The van der Waals surface area contributed by atoms with E-state index < -0.39 is 17.8 Å². The Labute approximate surface area is 169 Å². The van der Waals surface area contributed by atoms with Gasteiger partial charge >= 0.3 is 6.03 Å². The van der Waals surface area contributed by atoms with Crippen LogP contribution in [0.1, 0.15) is 36.0 Å². The first-order chi connectivity index (χ1) is 14.0. The summed E-state index contributed by atoms with van der Waals surface area (Å²) in [7, 11) is 0. The molecule has 0 radical (unpaired) electrons. The van der Waals surface area contributed by atoms with Gasteiger partial charge in [0.15, 0.2) is 0 Å². The summed E-state index contributed by atoms with van der Waals surface area (Å²) >= 11 is 0. The summed E-state index contributed by atoms with van der Waals surface area (Å²) in [6.45, 7) is 4.04. The Kier molecular flexibility index (Phi) is 5.34. The number of benzene rings is 2. The Balaban J connectivity index is 1.53. The van der Waals surface area contributed by atoms with Gasteiger partial charge in [-0.25, -0.2) is 9.18 Å². The highest BCUT2D eigenvalue weighted by Gasteiger charge is 2.34. The number of nitrogens with zero attached hydrogens (tertiary/aromatic N) is 2. The Morgan fingerprint density at radius 1 is 1.07 bits per heavy atom. The van der Waals surface area contributed by atoms with Crippen LogP contribution in [-0.2, 0) is 11.3 Å². The number of aryl methyl sites for hydroxylation is 1. The zero-order chi connectivity index (χ0) is 20.4. The summed E-state index contributed by atoms with van der Waals surface area (Å²) in [6.07, 6.45) is 5.40. The molecule has 0 unspecified atom stereocenters. The molecular weight excluding hydrogens is 369 g/mol. The van der Waals surface area contributed by atoms with Crippen LogP contribution in [0.2, 0.25) is 0 Å². The van der Waals surface area contributed by atoms with Gasteiger partial charge in [-0.15, -0.1) is 0 Å². The van der Waals surface area contributed by atoms with Crippen molar-refractivity contribution in [2.45, 2.75) is 32.7 Å². The van der Waals surface area contributed by atoms with Crippen LogP contribution in [0, 0.1) is 12.7 Å². The standard InChI is InChI=1S/C23H24FN3O2/c1-16-13-19(26-11-5-2-6-12-26)10-9-17(16)14-21-22(28)27(23(29)25-21)15-18-7-3-4-8-20(18)24/h3-4,7-10,13-14H,2,5-6,11-12,15H2,1H3,(H,25,29). The lowest BCUT2D eigenvalue weighted by atomic mass is 10.0. The van der Waals surface area contributed by atoms with E-state index in [-0.39, 0.29) is 12.2 Å². The number of carbonyl (C=O) groups excluding carboxylic acids is 2. The minimum absolute atomic E-state index is 0.0957. The van der Waals surface area contributed by atoms with Crippen molar-refractivity contribution >= 4 is 23.7 Å². The predicted octanol–water partition coefficient (Wildman–Crippen LogP) is 4.22. The average Bonchev–Trinajstić information content (AvgIpc) is 2.99. The molecule has 3 amide bonds. The van der Waals surface area contributed by atoms with Crippen molar-refractivity contribution in [3.63, 3.8) is 0 Å². The molecule has 29 heavy (non-hydrogen) atoms. The molecule has 1 N–H and O–H groups in total. The molecule has 2 saturated heterocycles. The van der Waals surface area contributed by atoms with E-state index >= 15 is 0 Å². The maximum atomic E-state index is 13.9. The molecule has 0 aliphatic carbocycles. The van der Waals surface area contributed by atoms with Gasteiger partial charge in [-0.1, -0.05) is 24.3 Å². The lowest BCUT2D eigenvalue weighted by molar-refractivity contribution is -0.123. The van der Waals surface area contributed by atoms with Gasteiger partial charge in [-0.05, 0) is 61.6 Å². The predicted molar refractivity (Wildman–Crippen MR) is 111 cm³/mol. The highest BCUT2D eigenvalue weighted by atomic mass is 19.1. The van der Waals surface area contributed by atoms with E-state index in [4.69, 9.17) is 0 Å². The number of rotatable bonds is 4. The minimum Gasteiger partial charge on any atom is -0.372 e. The average molecular weight is 393 g/mol.